The molecule has 0 saturated heterocycles. The van der Waals surface area contributed by atoms with Gasteiger partial charge in [-0.25, -0.2) is 13.1 Å². The Labute approximate surface area is 123 Å². The van der Waals surface area contributed by atoms with Crippen molar-refractivity contribution in [1.29, 1.82) is 0 Å². The molecule has 2 aromatic rings. The summed E-state index contributed by atoms with van der Waals surface area (Å²) in [4.78, 5) is 0. The van der Waals surface area contributed by atoms with Crippen molar-refractivity contribution in [3.05, 3.63) is 52.4 Å². The van der Waals surface area contributed by atoms with Gasteiger partial charge in [-0.2, -0.15) is 0 Å². The highest BCUT2D eigenvalue weighted by atomic mass is 35.5. The van der Waals surface area contributed by atoms with E-state index in [2.05, 4.69) is 9.88 Å². The quantitative estimate of drug-likeness (QED) is 0.888. The van der Waals surface area contributed by atoms with Crippen LogP contribution in [0.5, 0.6) is 0 Å². The molecule has 1 aromatic heterocycles. The molecule has 108 valence electrons. The van der Waals surface area contributed by atoms with Gasteiger partial charge in [-0.3, -0.25) is 0 Å². The second-order valence-corrected chi connectivity index (χ2v) is 6.64. The van der Waals surface area contributed by atoms with E-state index in [4.69, 9.17) is 16.1 Å². The van der Waals surface area contributed by atoms with Gasteiger partial charge in [-0.1, -0.05) is 35.0 Å². The number of hydrogen-bond acceptors (Lipinski definition) is 4. The molecule has 7 heteroatoms. The molecule has 0 saturated carbocycles. The molecule has 0 atom stereocenters. The molecule has 0 bridgehead atoms. The highest BCUT2D eigenvalue weighted by Gasteiger charge is 2.13. The first-order valence-electron chi connectivity index (χ1n) is 6.09. The lowest BCUT2D eigenvalue weighted by molar-refractivity contribution is 0.390. The maximum atomic E-state index is 11.9. The molecule has 0 fully saturated rings. The molecule has 0 aliphatic heterocycles. The SMILES string of the molecule is Cc1cc(CCNS(=O)(=O)Cc2ccccc2Cl)no1. The maximum absolute atomic E-state index is 11.9. The van der Waals surface area contributed by atoms with Gasteiger partial charge in [0, 0.05) is 24.1 Å². The van der Waals surface area contributed by atoms with Crippen molar-refractivity contribution >= 4 is 21.6 Å². The monoisotopic (exact) mass is 314 g/mol. The minimum absolute atomic E-state index is 0.134. The Morgan fingerprint density at radius 1 is 1.35 bits per heavy atom. The lowest BCUT2D eigenvalue weighted by atomic mass is 10.2. The van der Waals surface area contributed by atoms with E-state index in [1.54, 1.807) is 37.3 Å². The van der Waals surface area contributed by atoms with E-state index >= 15 is 0 Å². The largest absolute Gasteiger partial charge is 0.361 e. The molecule has 0 spiro atoms. The van der Waals surface area contributed by atoms with E-state index in [0.29, 0.717) is 22.8 Å². The Hall–Kier alpha value is -1.37. The van der Waals surface area contributed by atoms with Crippen LogP contribution in [0, 0.1) is 6.92 Å². The summed E-state index contributed by atoms with van der Waals surface area (Å²) < 4.78 is 31.3. The zero-order valence-electron chi connectivity index (χ0n) is 11.0. The molecular formula is C13H15ClN2O3S. The van der Waals surface area contributed by atoms with Crippen molar-refractivity contribution in [1.82, 2.24) is 9.88 Å². The maximum Gasteiger partial charge on any atom is 0.215 e. The summed E-state index contributed by atoms with van der Waals surface area (Å²) in [5.41, 5.74) is 1.31. The summed E-state index contributed by atoms with van der Waals surface area (Å²) in [6.45, 7) is 2.07. The van der Waals surface area contributed by atoms with E-state index in [1.807, 2.05) is 0 Å². The van der Waals surface area contributed by atoms with Crippen LogP contribution in [0.2, 0.25) is 5.02 Å². The van der Waals surface area contributed by atoms with Crippen molar-refractivity contribution in [2.75, 3.05) is 6.54 Å². The summed E-state index contributed by atoms with van der Waals surface area (Å²) in [6.07, 6.45) is 0.485. The number of aromatic nitrogens is 1. The van der Waals surface area contributed by atoms with Crippen LogP contribution in [-0.2, 0) is 22.2 Å². The first-order valence-corrected chi connectivity index (χ1v) is 8.12. The van der Waals surface area contributed by atoms with Crippen LogP contribution < -0.4 is 4.72 Å². The van der Waals surface area contributed by atoms with Crippen molar-refractivity contribution in [3.63, 3.8) is 0 Å². The zero-order valence-corrected chi connectivity index (χ0v) is 12.5. The van der Waals surface area contributed by atoms with Gasteiger partial charge in [0.2, 0.25) is 10.0 Å². The third-order valence-corrected chi connectivity index (χ3v) is 4.39. The number of halogens is 1. The first kappa shape index (κ1) is 15.0. The Morgan fingerprint density at radius 3 is 2.75 bits per heavy atom. The highest BCUT2D eigenvalue weighted by molar-refractivity contribution is 7.88. The van der Waals surface area contributed by atoms with Crippen molar-refractivity contribution in [2.45, 2.75) is 19.1 Å². The standard InChI is InChI=1S/C13H15ClN2O3S/c1-10-8-12(16-19-10)6-7-15-20(17,18)9-11-4-2-3-5-13(11)14/h2-5,8,15H,6-7,9H2,1H3. The van der Waals surface area contributed by atoms with Gasteiger partial charge in [-0.05, 0) is 18.6 Å². The van der Waals surface area contributed by atoms with Crippen LogP contribution in [0.1, 0.15) is 17.0 Å². The van der Waals surface area contributed by atoms with Crippen LogP contribution in [0.25, 0.3) is 0 Å². The van der Waals surface area contributed by atoms with Crippen LogP contribution in [-0.4, -0.2) is 20.1 Å². The molecule has 1 heterocycles. The Morgan fingerprint density at radius 2 is 2.10 bits per heavy atom. The molecule has 5 nitrogen and oxygen atoms in total. The lowest BCUT2D eigenvalue weighted by Gasteiger charge is -2.07. The summed E-state index contributed by atoms with van der Waals surface area (Å²) in [5, 5.41) is 4.25. The average Bonchev–Trinajstić information content (AvgIpc) is 2.77. The van der Waals surface area contributed by atoms with E-state index in [1.165, 1.54) is 0 Å². The van der Waals surface area contributed by atoms with Crippen LogP contribution in [0.4, 0.5) is 0 Å². The number of benzene rings is 1. The minimum atomic E-state index is -3.41. The third-order valence-electron chi connectivity index (χ3n) is 2.68. The van der Waals surface area contributed by atoms with E-state index in [-0.39, 0.29) is 12.3 Å². The van der Waals surface area contributed by atoms with Gasteiger partial charge in [0.1, 0.15) is 5.76 Å². The molecule has 2 rings (SSSR count). The number of nitrogens with one attached hydrogen (secondary N) is 1. The highest BCUT2D eigenvalue weighted by Crippen LogP contribution is 2.17. The number of aryl methyl sites for hydroxylation is 1. The summed E-state index contributed by atoms with van der Waals surface area (Å²) in [6, 6.07) is 8.67. The summed E-state index contributed by atoms with van der Waals surface area (Å²) in [7, 11) is -3.41. The van der Waals surface area contributed by atoms with Crippen LogP contribution in [0.15, 0.2) is 34.9 Å². The van der Waals surface area contributed by atoms with Gasteiger partial charge < -0.3 is 4.52 Å². The second kappa shape index (κ2) is 6.39. The number of sulfonamides is 1. The molecular weight excluding hydrogens is 300 g/mol. The van der Waals surface area contributed by atoms with E-state index in [9.17, 15) is 8.42 Å². The van der Waals surface area contributed by atoms with E-state index in [0.717, 1.165) is 5.69 Å². The lowest BCUT2D eigenvalue weighted by Crippen LogP contribution is -2.27. The molecule has 0 aliphatic carbocycles. The fourth-order valence-corrected chi connectivity index (χ4v) is 3.20. The topological polar surface area (TPSA) is 72.2 Å². The minimum Gasteiger partial charge on any atom is -0.361 e. The molecule has 0 radical (unpaired) electrons. The first-order chi connectivity index (χ1) is 9.46. The number of nitrogens with zero attached hydrogens (tertiary/aromatic N) is 1. The normalized spacial score (nSPS) is 11.7. The number of hydrogen-bond donors (Lipinski definition) is 1. The summed E-state index contributed by atoms with van der Waals surface area (Å²) >= 11 is 5.95. The van der Waals surface area contributed by atoms with E-state index < -0.39 is 10.0 Å². The second-order valence-electron chi connectivity index (χ2n) is 4.42. The predicted molar refractivity (Wildman–Crippen MR) is 77.0 cm³/mol. The smallest absolute Gasteiger partial charge is 0.215 e. The fraction of sp³-hybridized carbons (Fsp3) is 0.308. The fourth-order valence-electron chi connectivity index (χ4n) is 1.74. The van der Waals surface area contributed by atoms with Crippen molar-refractivity contribution < 1.29 is 12.9 Å². The van der Waals surface area contributed by atoms with Gasteiger partial charge >= 0.3 is 0 Å². The molecule has 0 unspecified atom stereocenters. The van der Waals surface area contributed by atoms with Crippen molar-refractivity contribution in [2.24, 2.45) is 0 Å². The van der Waals surface area contributed by atoms with Gasteiger partial charge in [0.15, 0.2) is 0 Å². The third kappa shape index (κ3) is 4.33. The molecule has 0 aliphatic rings. The van der Waals surface area contributed by atoms with Crippen LogP contribution >= 0.6 is 11.6 Å². The molecule has 20 heavy (non-hydrogen) atoms. The van der Waals surface area contributed by atoms with Gasteiger partial charge in [-0.15, -0.1) is 0 Å². The summed E-state index contributed by atoms with van der Waals surface area (Å²) in [5.74, 6) is 0.573. The Bertz CT molecular complexity index is 682. The van der Waals surface area contributed by atoms with Crippen molar-refractivity contribution in [3.8, 4) is 0 Å². The molecule has 1 N–H and O–H groups in total. The predicted octanol–water partition coefficient (Wildman–Crippen LogP) is 2.30. The average molecular weight is 315 g/mol. The zero-order chi connectivity index (χ0) is 14.6. The Kier molecular flexibility index (Phi) is 4.80. The molecule has 0 amide bonds. The van der Waals surface area contributed by atoms with Gasteiger partial charge in [0.05, 0.1) is 11.4 Å². The van der Waals surface area contributed by atoms with Crippen LogP contribution in [0.3, 0.4) is 0 Å². The number of rotatable bonds is 6. The Balaban J connectivity index is 1.90. The van der Waals surface area contributed by atoms with Gasteiger partial charge in [0.25, 0.3) is 0 Å². The molecule has 1 aromatic carbocycles.